The number of imide groups is 1. The highest BCUT2D eigenvalue weighted by Crippen LogP contribution is 2.49. The standard InChI is InChI=1S/C23H31N3O7/c1-22(2,3)33-21(29)24-20(28)14-12-25-17(27)11-23(4,5)26(25)18(14)13-9-15(30-6)19(32-8)16(10-13)31-7/h9-10,12,18H,11H2,1-8H3,(H,24,28,29). The van der Waals surface area contributed by atoms with E-state index in [2.05, 4.69) is 5.32 Å². The highest BCUT2D eigenvalue weighted by atomic mass is 16.6. The van der Waals surface area contributed by atoms with Crippen LogP contribution in [0.25, 0.3) is 0 Å². The summed E-state index contributed by atoms with van der Waals surface area (Å²) in [5.41, 5.74) is -0.532. The number of methoxy groups -OCH3 is 3. The molecular formula is C23H31N3O7. The molecule has 1 N–H and O–H groups in total. The molecule has 0 aromatic heterocycles. The number of carbonyl (C=O) groups excluding carboxylic acids is 3. The van der Waals surface area contributed by atoms with Gasteiger partial charge in [0.05, 0.1) is 32.9 Å². The Bertz CT molecular complexity index is 985. The number of amides is 3. The monoisotopic (exact) mass is 461 g/mol. The predicted octanol–water partition coefficient (Wildman–Crippen LogP) is 2.93. The van der Waals surface area contributed by atoms with E-state index in [-0.39, 0.29) is 17.9 Å². The van der Waals surface area contributed by atoms with Crippen LogP contribution in [-0.2, 0) is 14.3 Å². The summed E-state index contributed by atoms with van der Waals surface area (Å²) in [4.78, 5) is 38.2. The number of alkyl carbamates (subject to hydrolysis) is 1. The molecule has 1 unspecified atom stereocenters. The van der Waals surface area contributed by atoms with Crippen LogP contribution >= 0.6 is 0 Å². The van der Waals surface area contributed by atoms with Gasteiger partial charge in [-0.1, -0.05) is 0 Å². The van der Waals surface area contributed by atoms with Crippen LogP contribution in [0, 0.1) is 0 Å². The molecule has 10 nitrogen and oxygen atoms in total. The molecule has 0 bridgehead atoms. The molecule has 1 aromatic carbocycles. The summed E-state index contributed by atoms with van der Waals surface area (Å²) in [5.74, 6) is 0.388. The Morgan fingerprint density at radius 3 is 2.12 bits per heavy atom. The minimum Gasteiger partial charge on any atom is -0.493 e. The first-order valence-electron chi connectivity index (χ1n) is 10.5. The molecular weight excluding hydrogens is 430 g/mol. The second-order valence-corrected chi connectivity index (χ2v) is 9.47. The number of hydrogen-bond acceptors (Lipinski definition) is 8. The molecule has 3 rings (SSSR count). The average molecular weight is 462 g/mol. The molecule has 2 aliphatic heterocycles. The fraction of sp³-hybridized carbons (Fsp3) is 0.522. The minimum absolute atomic E-state index is 0.155. The largest absolute Gasteiger partial charge is 0.493 e. The molecule has 1 fully saturated rings. The predicted molar refractivity (Wildman–Crippen MR) is 119 cm³/mol. The van der Waals surface area contributed by atoms with Crippen molar-refractivity contribution >= 4 is 17.9 Å². The van der Waals surface area contributed by atoms with E-state index in [4.69, 9.17) is 18.9 Å². The van der Waals surface area contributed by atoms with E-state index in [1.807, 2.05) is 18.9 Å². The van der Waals surface area contributed by atoms with E-state index in [1.165, 1.54) is 32.5 Å². The van der Waals surface area contributed by atoms with Gasteiger partial charge in [0.15, 0.2) is 11.5 Å². The maximum absolute atomic E-state index is 13.2. The molecule has 3 amide bonds. The Labute approximate surface area is 193 Å². The topological polar surface area (TPSA) is 107 Å². The van der Waals surface area contributed by atoms with Crippen molar-refractivity contribution in [3.63, 3.8) is 0 Å². The van der Waals surface area contributed by atoms with Gasteiger partial charge in [-0.15, -0.1) is 0 Å². The molecule has 1 aromatic rings. The summed E-state index contributed by atoms with van der Waals surface area (Å²) in [6.45, 7) is 8.94. The first kappa shape index (κ1) is 24.4. The van der Waals surface area contributed by atoms with Crippen LogP contribution in [0.1, 0.15) is 52.6 Å². The Balaban J connectivity index is 2.08. The maximum Gasteiger partial charge on any atom is 0.414 e. The number of nitrogens with zero attached hydrogens (tertiary/aromatic N) is 2. The normalized spacial score (nSPS) is 19.6. The molecule has 0 saturated carbocycles. The van der Waals surface area contributed by atoms with E-state index in [9.17, 15) is 14.4 Å². The number of nitrogens with one attached hydrogen (secondary N) is 1. The highest BCUT2D eigenvalue weighted by Gasteiger charge is 2.53. The molecule has 1 atom stereocenters. The zero-order chi connectivity index (χ0) is 24.7. The van der Waals surface area contributed by atoms with E-state index in [0.29, 0.717) is 22.8 Å². The molecule has 180 valence electrons. The summed E-state index contributed by atoms with van der Waals surface area (Å²) in [6.07, 6.45) is 0.862. The van der Waals surface area contributed by atoms with E-state index >= 15 is 0 Å². The summed E-state index contributed by atoms with van der Waals surface area (Å²) in [6, 6.07) is 2.76. The Kier molecular flexibility index (Phi) is 6.34. The molecule has 1 saturated heterocycles. The summed E-state index contributed by atoms with van der Waals surface area (Å²) in [7, 11) is 4.49. The zero-order valence-electron chi connectivity index (χ0n) is 20.3. The molecule has 0 aliphatic carbocycles. The smallest absolute Gasteiger partial charge is 0.414 e. The molecule has 2 heterocycles. The highest BCUT2D eigenvalue weighted by molar-refractivity contribution is 6.04. The van der Waals surface area contributed by atoms with Gasteiger partial charge in [0.1, 0.15) is 5.60 Å². The van der Waals surface area contributed by atoms with Gasteiger partial charge in [-0.25, -0.2) is 9.80 Å². The molecule has 0 spiro atoms. The quantitative estimate of drug-likeness (QED) is 0.713. The van der Waals surface area contributed by atoms with Crippen molar-refractivity contribution in [2.45, 2.75) is 58.2 Å². The van der Waals surface area contributed by atoms with Gasteiger partial charge in [-0.05, 0) is 52.3 Å². The lowest BCUT2D eigenvalue weighted by molar-refractivity contribution is -0.134. The van der Waals surface area contributed by atoms with Crippen molar-refractivity contribution in [3.05, 3.63) is 29.5 Å². The van der Waals surface area contributed by atoms with Gasteiger partial charge >= 0.3 is 6.09 Å². The lowest BCUT2D eigenvalue weighted by Crippen LogP contribution is -2.45. The lowest BCUT2D eigenvalue weighted by Gasteiger charge is -2.37. The summed E-state index contributed by atoms with van der Waals surface area (Å²) >= 11 is 0. The average Bonchev–Trinajstić information content (AvgIpc) is 3.21. The Morgan fingerprint density at radius 2 is 1.64 bits per heavy atom. The lowest BCUT2D eigenvalue weighted by atomic mass is 9.92. The summed E-state index contributed by atoms with van der Waals surface area (Å²) in [5, 5.41) is 5.52. The van der Waals surface area contributed by atoms with Crippen LogP contribution in [0.3, 0.4) is 0 Å². The van der Waals surface area contributed by atoms with Gasteiger partial charge < -0.3 is 18.9 Å². The van der Waals surface area contributed by atoms with E-state index < -0.39 is 29.2 Å². The van der Waals surface area contributed by atoms with Crippen molar-refractivity contribution in [2.24, 2.45) is 0 Å². The van der Waals surface area contributed by atoms with Crippen molar-refractivity contribution in [1.29, 1.82) is 0 Å². The zero-order valence-corrected chi connectivity index (χ0v) is 20.3. The summed E-state index contributed by atoms with van der Waals surface area (Å²) < 4.78 is 21.6. The maximum atomic E-state index is 13.2. The first-order valence-corrected chi connectivity index (χ1v) is 10.5. The second kappa shape index (κ2) is 8.58. The SMILES string of the molecule is COc1cc(C2C(C(=O)NC(=O)OC(C)(C)C)=CN3C(=O)CC(C)(C)N23)cc(OC)c1OC. The Hall–Kier alpha value is -3.27. The number of hydrogen-bond donors (Lipinski definition) is 1. The van der Waals surface area contributed by atoms with Crippen molar-refractivity contribution < 1.29 is 33.3 Å². The van der Waals surface area contributed by atoms with Crippen LogP contribution in [0.2, 0.25) is 0 Å². The molecule has 33 heavy (non-hydrogen) atoms. The number of benzene rings is 1. The van der Waals surface area contributed by atoms with Crippen LogP contribution in [-0.4, -0.2) is 60.4 Å². The molecule has 0 radical (unpaired) electrons. The van der Waals surface area contributed by atoms with Gasteiger partial charge in [0.2, 0.25) is 11.7 Å². The number of fused-ring (bicyclic) bond motifs is 1. The van der Waals surface area contributed by atoms with Crippen molar-refractivity contribution in [3.8, 4) is 17.2 Å². The third-order valence-corrected chi connectivity index (χ3v) is 5.37. The van der Waals surface area contributed by atoms with Crippen LogP contribution in [0.4, 0.5) is 4.79 Å². The van der Waals surface area contributed by atoms with E-state index in [1.54, 1.807) is 32.9 Å². The van der Waals surface area contributed by atoms with Crippen LogP contribution in [0.15, 0.2) is 23.9 Å². The third-order valence-electron chi connectivity index (χ3n) is 5.37. The van der Waals surface area contributed by atoms with Gasteiger partial charge in [0.25, 0.3) is 5.91 Å². The van der Waals surface area contributed by atoms with Gasteiger partial charge in [-0.3, -0.25) is 14.9 Å². The minimum atomic E-state index is -0.871. The van der Waals surface area contributed by atoms with Gasteiger partial charge in [0, 0.05) is 18.2 Å². The number of rotatable bonds is 5. The molecule has 10 heteroatoms. The van der Waals surface area contributed by atoms with Crippen LogP contribution < -0.4 is 19.5 Å². The Morgan fingerprint density at radius 1 is 1.06 bits per heavy atom. The fourth-order valence-corrected chi connectivity index (χ4v) is 4.12. The van der Waals surface area contributed by atoms with Crippen LogP contribution in [0.5, 0.6) is 17.2 Å². The number of hydrazine groups is 1. The van der Waals surface area contributed by atoms with Crippen molar-refractivity contribution in [1.82, 2.24) is 15.3 Å². The number of carbonyl (C=O) groups is 3. The van der Waals surface area contributed by atoms with E-state index in [0.717, 1.165) is 0 Å². The fourth-order valence-electron chi connectivity index (χ4n) is 4.12. The number of ether oxygens (including phenoxy) is 4. The second-order valence-electron chi connectivity index (χ2n) is 9.47. The first-order chi connectivity index (χ1) is 15.3. The van der Waals surface area contributed by atoms with Gasteiger partial charge in [-0.2, -0.15) is 5.01 Å². The van der Waals surface area contributed by atoms with Crippen molar-refractivity contribution in [2.75, 3.05) is 21.3 Å². The molecule has 2 aliphatic rings. The third kappa shape index (κ3) is 4.61.